The van der Waals surface area contributed by atoms with Crippen LogP contribution in [0, 0.1) is 12.8 Å². The largest absolute Gasteiger partial charge is 0.324 e. The van der Waals surface area contributed by atoms with Crippen LogP contribution in [-0.4, -0.2) is 39.7 Å². The summed E-state index contributed by atoms with van der Waals surface area (Å²) in [5.41, 5.74) is 4.64. The van der Waals surface area contributed by atoms with Gasteiger partial charge in [-0.2, -0.15) is 5.10 Å². The second-order valence-electron chi connectivity index (χ2n) is 11.8. The summed E-state index contributed by atoms with van der Waals surface area (Å²) in [6.45, 7) is 10.1. The lowest BCUT2D eigenvalue weighted by Gasteiger charge is -2.30. The van der Waals surface area contributed by atoms with E-state index in [0.29, 0.717) is 17.2 Å². The summed E-state index contributed by atoms with van der Waals surface area (Å²) in [6, 6.07) is 22.6. The highest BCUT2D eigenvalue weighted by atomic mass is 16.2. The molecule has 0 spiro atoms. The molecule has 1 aliphatic heterocycles. The van der Waals surface area contributed by atoms with Crippen LogP contribution >= 0.6 is 0 Å². The van der Waals surface area contributed by atoms with E-state index >= 15 is 0 Å². The number of benzene rings is 2. The Kier molecular flexibility index (Phi) is 8.31. The number of carbonyl (C=O) groups excluding carboxylic acids is 2. The number of urea groups is 1. The Morgan fingerprint density at radius 2 is 1.71 bits per heavy atom. The third-order valence-corrected chi connectivity index (χ3v) is 7.56. The van der Waals surface area contributed by atoms with Crippen LogP contribution in [0.1, 0.15) is 66.8 Å². The van der Waals surface area contributed by atoms with Crippen molar-refractivity contribution in [3.63, 3.8) is 0 Å². The first-order valence-electron chi connectivity index (χ1n) is 14.2. The van der Waals surface area contributed by atoms with Crippen molar-refractivity contribution in [1.29, 1.82) is 0 Å². The summed E-state index contributed by atoms with van der Waals surface area (Å²) in [7, 11) is 0. The van der Waals surface area contributed by atoms with Crippen molar-refractivity contribution in [2.45, 2.75) is 51.9 Å². The normalized spacial score (nSPS) is 14.8. The van der Waals surface area contributed by atoms with Crippen LogP contribution in [0.25, 0.3) is 5.69 Å². The van der Waals surface area contributed by atoms with Crippen molar-refractivity contribution in [1.82, 2.24) is 20.1 Å². The minimum atomic E-state index is -0.384. The van der Waals surface area contributed by atoms with Gasteiger partial charge in [-0.15, -0.1) is 0 Å². The van der Waals surface area contributed by atoms with Crippen LogP contribution in [0.2, 0.25) is 0 Å². The monoisotopic (exact) mass is 550 g/mol. The molecule has 0 bridgehead atoms. The van der Waals surface area contributed by atoms with Gasteiger partial charge in [-0.05, 0) is 80.7 Å². The second kappa shape index (κ2) is 12.1. The number of pyridine rings is 1. The molecule has 4 aromatic rings. The van der Waals surface area contributed by atoms with Crippen molar-refractivity contribution >= 4 is 23.3 Å². The number of hydrogen-bond donors (Lipinski definition) is 3. The number of carbonyl (C=O) groups is 2. The summed E-state index contributed by atoms with van der Waals surface area (Å²) in [5.74, 6) is 0.435. The molecule has 8 heteroatoms. The molecule has 5 rings (SSSR count). The van der Waals surface area contributed by atoms with Gasteiger partial charge < -0.3 is 10.6 Å². The Bertz CT molecular complexity index is 1500. The van der Waals surface area contributed by atoms with Gasteiger partial charge in [-0.1, -0.05) is 56.7 Å². The van der Waals surface area contributed by atoms with Gasteiger partial charge in [-0.25, -0.2) is 9.48 Å². The van der Waals surface area contributed by atoms with Crippen LogP contribution in [0.15, 0.2) is 79.0 Å². The van der Waals surface area contributed by atoms with Gasteiger partial charge in [0.15, 0.2) is 5.78 Å². The minimum absolute atomic E-state index is 0.0100. The predicted molar refractivity (Wildman–Crippen MR) is 163 cm³/mol. The maximum Gasteiger partial charge on any atom is 0.324 e. The second-order valence-corrected chi connectivity index (χ2v) is 11.8. The van der Waals surface area contributed by atoms with Crippen LogP contribution in [0.3, 0.4) is 0 Å². The highest BCUT2D eigenvalue weighted by Crippen LogP contribution is 2.35. The maximum absolute atomic E-state index is 13.7. The lowest BCUT2D eigenvalue weighted by molar-refractivity contribution is 0.0911. The topological polar surface area (TPSA) is 101 Å². The lowest BCUT2D eigenvalue weighted by atomic mass is 9.77. The Labute approximate surface area is 241 Å². The first-order chi connectivity index (χ1) is 19.7. The van der Waals surface area contributed by atoms with E-state index in [1.165, 1.54) is 0 Å². The summed E-state index contributed by atoms with van der Waals surface area (Å²) >= 11 is 0. The van der Waals surface area contributed by atoms with Crippen LogP contribution in [0.5, 0.6) is 0 Å². The lowest BCUT2D eigenvalue weighted by Crippen LogP contribution is -2.34. The van der Waals surface area contributed by atoms with E-state index in [0.717, 1.165) is 48.4 Å². The number of ketones is 1. The van der Waals surface area contributed by atoms with Gasteiger partial charge in [0, 0.05) is 23.4 Å². The number of hydrogen-bond acceptors (Lipinski definition) is 5. The van der Waals surface area contributed by atoms with E-state index in [4.69, 9.17) is 5.10 Å². The molecular formula is C33H38N6O2. The summed E-state index contributed by atoms with van der Waals surface area (Å²) < 4.78 is 1.76. The van der Waals surface area contributed by atoms with Crippen molar-refractivity contribution in [3.8, 4) is 5.69 Å². The van der Waals surface area contributed by atoms with Crippen molar-refractivity contribution in [3.05, 3.63) is 102 Å². The molecule has 1 atom stereocenters. The van der Waals surface area contributed by atoms with E-state index in [1.807, 2.05) is 73.7 Å². The average Bonchev–Trinajstić information content (AvgIpc) is 3.39. The molecule has 212 valence electrons. The Balaban J connectivity index is 1.39. The molecule has 3 heterocycles. The zero-order valence-corrected chi connectivity index (χ0v) is 24.1. The van der Waals surface area contributed by atoms with Gasteiger partial charge in [0.05, 0.1) is 17.3 Å². The van der Waals surface area contributed by atoms with Gasteiger partial charge in [-0.3, -0.25) is 15.1 Å². The SMILES string of the molecule is Cc1ccc(-n2nc(C(C)(C)C)cc2NC(=O)Nc2cccc(C(C(=O)c3ccccn3)C3CCNCC3)c2)cc1. The van der Waals surface area contributed by atoms with Crippen LogP contribution < -0.4 is 16.0 Å². The van der Waals surface area contributed by atoms with Gasteiger partial charge in [0.1, 0.15) is 11.5 Å². The quantitative estimate of drug-likeness (QED) is 0.229. The predicted octanol–water partition coefficient (Wildman–Crippen LogP) is 6.48. The van der Waals surface area contributed by atoms with Gasteiger partial charge in [0.2, 0.25) is 0 Å². The minimum Gasteiger partial charge on any atom is -0.317 e. The number of nitrogens with zero attached hydrogens (tertiary/aromatic N) is 3. The molecule has 2 aromatic carbocycles. The molecule has 1 saturated heterocycles. The Hall–Kier alpha value is -4.30. The number of anilines is 2. The van der Waals surface area contributed by atoms with Crippen molar-refractivity contribution < 1.29 is 9.59 Å². The number of aromatic nitrogens is 3. The molecule has 2 amide bonds. The Morgan fingerprint density at radius 1 is 0.951 bits per heavy atom. The number of Topliss-reactive ketones (excluding diaryl/α,β-unsaturated/α-hetero) is 1. The van der Waals surface area contributed by atoms with Crippen molar-refractivity contribution in [2.75, 3.05) is 23.7 Å². The third-order valence-electron chi connectivity index (χ3n) is 7.56. The molecule has 1 aliphatic rings. The van der Waals surface area contributed by atoms with E-state index in [-0.39, 0.29) is 29.1 Å². The Morgan fingerprint density at radius 3 is 2.39 bits per heavy atom. The standard InChI is InChI=1S/C33H38N6O2/c1-22-11-13-26(14-12-22)39-29(21-28(38-39)33(2,3)4)37-32(41)36-25-9-7-8-24(20-25)30(23-15-18-34-19-16-23)31(40)27-10-5-6-17-35-27/h5-14,17,20-21,23,30,34H,15-16,18-19H2,1-4H3,(H2,36,37,41). The number of piperidine rings is 1. The average molecular weight is 551 g/mol. The number of amides is 2. The van der Waals surface area contributed by atoms with Gasteiger partial charge in [0.25, 0.3) is 0 Å². The highest BCUT2D eigenvalue weighted by molar-refractivity contribution is 6.01. The molecule has 0 saturated carbocycles. The van der Waals surface area contributed by atoms with E-state index in [2.05, 4.69) is 41.7 Å². The fourth-order valence-corrected chi connectivity index (χ4v) is 5.29. The van der Waals surface area contributed by atoms with Crippen molar-refractivity contribution in [2.24, 2.45) is 5.92 Å². The van der Waals surface area contributed by atoms with Crippen LogP contribution in [-0.2, 0) is 5.41 Å². The fourth-order valence-electron chi connectivity index (χ4n) is 5.29. The fraction of sp³-hybridized carbons (Fsp3) is 0.333. The zero-order valence-electron chi connectivity index (χ0n) is 24.1. The number of nitrogens with one attached hydrogen (secondary N) is 3. The molecule has 8 nitrogen and oxygen atoms in total. The van der Waals surface area contributed by atoms with E-state index in [1.54, 1.807) is 16.9 Å². The third kappa shape index (κ3) is 6.72. The molecule has 0 radical (unpaired) electrons. The molecule has 0 aliphatic carbocycles. The molecule has 2 aromatic heterocycles. The molecular weight excluding hydrogens is 512 g/mol. The van der Waals surface area contributed by atoms with E-state index < -0.39 is 0 Å². The summed E-state index contributed by atoms with van der Waals surface area (Å²) in [5, 5.41) is 14.2. The van der Waals surface area contributed by atoms with E-state index in [9.17, 15) is 9.59 Å². The maximum atomic E-state index is 13.7. The first-order valence-corrected chi connectivity index (χ1v) is 14.2. The molecule has 1 unspecified atom stereocenters. The molecule has 3 N–H and O–H groups in total. The molecule has 41 heavy (non-hydrogen) atoms. The number of aryl methyl sites for hydroxylation is 1. The first kappa shape index (κ1) is 28.2. The highest BCUT2D eigenvalue weighted by Gasteiger charge is 2.32. The smallest absolute Gasteiger partial charge is 0.317 e. The van der Waals surface area contributed by atoms with Gasteiger partial charge >= 0.3 is 6.03 Å². The van der Waals surface area contributed by atoms with Crippen LogP contribution in [0.4, 0.5) is 16.3 Å². The summed E-state index contributed by atoms with van der Waals surface area (Å²) in [6.07, 6.45) is 3.46. The summed E-state index contributed by atoms with van der Waals surface area (Å²) in [4.78, 5) is 31.3. The zero-order chi connectivity index (χ0) is 29.0. The number of rotatable bonds is 7. The molecule has 1 fully saturated rings.